The summed E-state index contributed by atoms with van der Waals surface area (Å²) in [6, 6.07) is 14.8. The fourth-order valence-electron chi connectivity index (χ4n) is 1.88. The van der Waals surface area contributed by atoms with Crippen LogP contribution in [0.4, 0.5) is 5.69 Å². The molecule has 3 nitrogen and oxygen atoms in total. The molecule has 2 rings (SSSR count). The van der Waals surface area contributed by atoms with E-state index in [0.717, 1.165) is 5.69 Å². The number of nitrogens with one attached hydrogen (secondary N) is 1. The van der Waals surface area contributed by atoms with E-state index in [2.05, 4.69) is 19.2 Å². The highest BCUT2D eigenvalue weighted by atomic mass is 35.5. The monoisotopic (exact) mass is 303 g/mol. The first-order valence-corrected chi connectivity index (χ1v) is 7.20. The molecule has 0 saturated carbocycles. The molecule has 0 unspecified atom stereocenters. The van der Waals surface area contributed by atoms with Crippen molar-refractivity contribution in [3.05, 3.63) is 59.1 Å². The van der Waals surface area contributed by atoms with E-state index in [-0.39, 0.29) is 12.5 Å². The Balaban J connectivity index is 1.91. The molecule has 2 aromatic rings. The fraction of sp³-hybridized carbons (Fsp3) is 0.235. The summed E-state index contributed by atoms with van der Waals surface area (Å²) in [7, 11) is 0. The van der Waals surface area contributed by atoms with E-state index in [1.807, 2.05) is 24.3 Å². The summed E-state index contributed by atoms with van der Waals surface area (Å²) < 4.78 is 5.40. The molecule has 4 heteroatoms. The smallest absolute Gasteiger partial charge is 0.262 e. The Morgan fingerprint density at radius 3 is 2.67 bits per heavy atom. The number of benzene rings is 2. The summed E-state index contributed by atoms with van der Waals surface area (Å²) in [5.41, 5.74) is 1.96. The van der Waals surface area contributed by atoms with Crippen LogP contribution in [0.25, 0.3) is 0 Å². The second-order valence-electron chi connectivity index (χ2n) is 5.07. The van der Waals surface area contributed by atoms with Crippen LogP contribution in [0, 0.1) is 0 Å². The van der Waals surface area contributed by atoms with Gasteiger partial charge in [-0.15, -0.1) is 0 Å². The van der Waals surface area contributed by atoms with Crippen molar-refractivity contribution in [2.24, 2.45) is 0 Å². The Kier molecular flexibility index (Phi) is 5.23. The van der Waals surface area contributed by atoms with Gasteiger partial charge in [-0.1, -0.05) is 43.6 Å². The number of amides is 1. The fourth-order valence-corrected chi connectivity index (χ4v) is 2.06. The minimum Gasteiger partial charge on any atom is -0.484 e. The first-order chi connectivity index (χ1) is 10.0. The van der Waals surface area contributed by atoms with Crippen LogP contribution in [0.1, 0.15) is 25.3 Å². The molecule has 0 aliphatic heterocycles. The average Bonchev–Trinajstić information content (AvgIpc) is 2.45. The Hall–Kier alpha value is -2.00. The topological polar surface area (TPSA) is 38.3 Å². The van der Waals surface area contributed by atoms with Gasteiger partial charge >= 0.3 is 0 Å². The molecule has 0 saturated heterocycles. The van der Waals surface area contributed by atoms with E-state index in [9.17, 15) is 4.79 Å². The van der Waals surface area contributed by atoms with Gasteiger partial charge < -0.3 is 10.1 Å². The summed E-state index contributed by atoms with van der Waals surface area (Å²) in [5, 5.41) is 3.41. The highest BCUT2D eigenvalue weighted by molar-refractivity contribution is 6.30. The van der Waals surface area contributed by atoms with Crippen LogP contribution in [0.5, 0.6) is 5.75 Å². The van der Waals surface area contributed by atoms with Gasteiger partial charge in [-0.2, -0.15) is 0 Å². The van der Waals surface area contributed by atoms with Gasteiger partial charge in [0, 0.05) is 10.7 Å². The van der Waals surface area contributed by atoms with Crippen molar-refractivity contribution >= 4 is 23.2 Å². The number of anilines is 1. The van der Waals surface area contributed by atoms with Gasteiger partial charge in [-0.3, -0.25) is 4.79 Å². The zero-order valence-electron chi connectivity index (χ0n) is 12.1. The normalized spacial score (nSPS) is 10.5. The molecule has 0 atom stereocenters. The quantitative estimate of drug-likeness (QED) is 0.884. The molecule has 0 radical (unpaired) electrons. The third kappa shape index (κ3) is 4.80. The number of halogens is 1. The molecule has 2 aromatic carbocycles. The maximum absolute atomic E-state index is 11.9. The van der Waals surface area contributed by atoms with Crippen molar-refractivity contribution in [2.45, 2.75) is 19.8 Å². The lowest BCUT2D eigenvalue weighted by molar-refractivity contribution is -0.118. The van der Waals surface area contributed by atoms with E-state index in [1.165, 1.54) is 5.56 Å². The second kappa shape index (κ2) is 7.14. The predicted octanol–water partition coefficient (Wildman–Crippen LogP) is 4.48. The highest BCUT2D eigenvalue weighted by Crippen LogP contribution is 2.19. The molecule has 0 aromatic heterocycles. The summed E-state index contributed by atoms with van der Waals surface area (Å²) >= 11 is 5.86. The maximum Gasteiger partial charge on any atom is 0.262 e. The lowest BCUT2D eigenvalue weighted by Crippen LogP contribution is -2.20. The van der Waals surface area contributed by atoms with Crippen LogP contribution in [0.2, 0.25) is 5.02 Å². The van der Waals surface area contributed by atoms with E-state index < -0.39 is 0 Å². The minimum atomic E-state index is -0.198. The summed E-state index contributed by atoms with van der Waals surface area (Å²) in [4.78, 5) is 11.9. The molecule has 0 fully saturated rings. The van der Waals surface area contributed by atoms with Crippen LogP contribution in [-0.4, -0.2) is 12.5 Å². The lowest BCUT2D eigenvalue weighted by Gasteiger charge is -2.10. The summed E-state index contributed by atoms with van der Waals surface area (Å²) in [6.07, 6.45) is 0. The first-order valence-electron chi connectivity index (χ1n) is 6.83. The standard InChI is InChI=1S/C17H18ClNO2/c1-12(2)13-5-3-7-15(9-13)19-17(20)11-21-16-8-4-6-14(18)10-16/h3-10,12H,11H2,1-2H3,(H,19,20). The predicted molar refractivity (Wildman–Crippen MR) is 86.1 cm³/mol. The van der Waals surface area contributed by atoms with E-state index in [4.69, 9.17) is 16.3 Å². The molecule has 0 aliphatic rings. The van der Waals surface area contributed by atoms with E-state index in [1.54, 1.807) is 24.3 Å². The minimum absolute atomic E-state index is 0.0494. The van der Waals surface area contributed by atoms with Crippen molar-refractivity contribution in [1.29, 1.82) is 0 Å². The van der Waals surface area contributed by atoms with Crippen molar-refractivity contribution in [3.8, 4) is 5.75 Å². The number of carbonyl (C=O) groups excluding carboxylic acids is 1. The first kappa shape index (κ1) is 15.4. The third-order valence-corrected chi connectivity index (χ3v) is 3.24. The van der Waals surface area contributed by atoms with Crippen LogP contribution >= 0.6 is 11.6 Å². The van der Waals surface area contributed by atoms with Crippen molar-refractivity contribution in [1.82, 2.24) is 0 Å². The summed E-state index contributed by atoms with van der Waals surface area (Å²) in [6.45, 7) is 4.18. The molecule has 110 valence electrons. The number of hydrogen-bond donors (Lipinski definition) is 1. The molecular weight excluding hydrogens is 286 g/mol. The van der Waals surface area contributed by atoms with Crippen LogP contribution in [0.3, 0.4) is 0 Å². The molecule has 0 aliphatic carbocycles. The van der Waals surface area contributed by atoms with Crippen LogP contribution < -0.4 is 10.1 Å². The van der Waals surface area contributed by atoms with E-state index in [0.29, 0.717) is 16.7 Å². The summed E-state index contributed by atoms with van der Waals surface area (Å²) in [5.74, 6) is 0.800. The number of carbonyl (C=O) groups is 1. The van der Waals surface area contributed by atoms with Gasteiger partial charge in [0.15, 0.2) is 6.61 Å². The average molecular weight is 304 g/mol. The zero-order valence-corrected chi connectivity index (χ0v) is 12.9. The second-order valence-corrected chi connectivity index (χ2v) is 5.51. The van der Waals surface area contributed by atoms with Gasteiger partial charge in [0.25, 0.3) is 5.91 Å². The Morgan fingerprint density at radius 1 is 1.19 bits per heavy atom. The molecule has 1 amide bonds. The molecule has 0 spiro atoms. The highest BCUT2D eigenvalue weighted by Gasteiger charge is 2.06. The van der Waals surface area contributed by atoms with Crippen LogP contribution in [-0.2, 0) is 4.79 Å². The largest absolute Gasteiger partial charge is 0.484 e. The Bertz CT molecular complexity index is 626. The van der Waals surface area contributed by atoms with Gasteiger partial charge in [0.1, 0.15) is 5.75 Å². The third-order valence-electron chi connectivity index (χ3n) is 3.00. The Labute approximate surface area is 129 Å². The number of ether oxygens (including phenoxy) is 1. The van der Waals surface area contributed by atoms with Crippen LogP contribution in [0.15, 0.2) is 48.5 Å². The molecule has 0 heterocycles. The molecule has 1 N–H and O–H groups in total. The lowest BCUT2D eigenvalue weighted by atomic mass is 10.0. The van der Waals surface area contributed by atoms with E-state index >= 15 is 0 Å². The maximum atomic E-state index is 11.9. The van der Waals surface area contributed by atoms with Gasteiger partial charge in [-0.25, -0.2) is 0 Å². The number of hydrogen-bond acceptors (Lipinski definition) is 2. The molecule has 21 heavy (non-hydrogen) atoms. The van der Waals surface area contributed by atoms with Crippen molar-refractivity contribution < 1.29 is 9.53 Å². The Morgan fingerprint density at radius 2 is 1.95 bits per heavy atom. The zero-order chi connectivity index (χ0) is 15.2. The van der Waals surface area contributed by atoms with Crippen molar-refractivity contribution in [2.75, 3.05) is 11.9 Å². The molecule has 0 bridgehead atoms. The van der Waals surface area contributed by atoms with Gasteiger partial charge in [0.05, 0.1) is 0 Å². The number of rotatable bonds is 5. The molecular formula is C17H18ClNO2. The van der Waals surface area contributed by atoms with Gasteiger partial charge in [0.2, 0.25) is 0 Å². The van der Waals surface area contributed by atoms with Gasteiger partial charge in [-0.05, 0) is 41.8 Å². The SMILES string of the molecule is CC(C)c1cccc(NC(=O)COc2cccc(Cl)c2)c1. The van der Waals surface area contributed by atoms with Crippen molar-refractivity contribution in [3.63, 3.8) is 0 Å².